The Hall–Kier alpha value is -2.33. The maximum atomic E-state index is 12.9. The highest BCUT2D eigenvalue weighted by Gasteiger charge is 2.43. The predicted molar refractivity (Wildman–Crippen MR) is 97.5 cm³/mol. The minimum Gasteiger partial charge on any atom is -0.381 e. The van der Waals surface area contributed by atoms with Gasteiger partial charge < -0.3 is 14.5 Å². The second kappa shape index (κ2) is 7.83. The number of para-hydroxylation sites is 2. The molecule has 1 aromatic carbocycles. The molecule has 29 heavy (non-hydrogen) atoms. The molecule has 0 N–H and O–H groups in total. The van der Waals surface area contributed by atoms with Crippen LogP contribution in [0.2, 0.25) is 0 Å². The van der Waals surface area contributed by atoms with Crippen LogP contribution in [0.1, 0.15) is 31.7 Å². The van der Waals surface area contributed by atoms with Crippen molar-refractivity contribution >= 4 is 17.0 Å². The van der Waals surface area contributed by atoms with Crippen molar-refractivity contribution in [2.45, 2.75) is 43.9 Å². The molecule has 3 heterocycles. The van der Waals surface area contributed by atoms with Crippen molar-refractivity contribution in [2.24, 2.45) is 0 Å². The molecule has 2 aliphatic heterocycles. The van der Waals surface area contributed by atoms with Crippen LogP contribution in [0, 0.1) is 0 Å². The van der Waals surface area contributed by atoms with Gasteiger partial charge in [-0.1, -0.05) is 12.1 Å². The molecule has 0 saturated carbocycles. The molecular weight excluding hydrogens is 391 g/mol. The van der Waals surface area contributed by atoms with Crippen molar-refractivity contribution in [2.75, 3.05) is 26.3 Å². The average Bonchev–Trinajstić information content (AvgIpc) is 3.00. The monoisotopic (exact) mass is 413 g/mol. The zero-order valence-corrected chi connectivity index (χ0v) is 15.7. The van der Waals surface area contributed by atoms with E-state index >= 15 is 0 Å². The summed E-state index contributed by atoms with van der Waals surface area (Å²) in [4.78, 5) is 31.0. The predicted octanol–water partition coefficient (Wildman–Crippen LogP) is 2.14. The SMILES string of the molecule is O=C(On1c(=O)n(C2CCN(C3CCOCC3)CC2)c2ccccc21)C(F)(F)F. The van der Waals surface area contributed by atoms with Gasteiger partial charge in [-0.25, -0.2) is 9.59 Å². The lowest BCUT2D eigenvalue weighted by atomic mass is 9.99. The highest BCUT2D eigenvalue weighted by atomic mass is 19.4. The Balaban J connectivity index is 1.59. The third-order valence-electron chi connectivity index (χ3n) is 5.72. The first-order valence-corrected chi connectivity index (χ1v) is 9.69. The van der Waals surface area contributed by atoms with Gasteiger partial charge in [0.15, 0.2) is 0 Å². The van der Waals surface area contributed by atoms with Gasteiger partial charge in [-0.3, -0.25) is 4.57 Å². The van der Waals surface area contributed by atoms with Crippen LogP contribution in [0.4, 0.5) is 13.2 Å². The minimum atomic E-state index is -5.18. The van der Waals surface area contributed by atoms with Crippen LogP contribution in [0.15, 0.2) is 29.1 Å². The lowest BCUT2D eigenvalue weighted by Crippen LogP contribution is -2.45. The molecule has 0 aliphatic carbocycles. The van der Waals surface area contributed by atoms with Crippen LogP contribution < -0.4 is 10.5 Å². The average molecular weight is 413 g/mol. The van der Waals surface area contributed by atoms with E-state index in [1.165, 1.54) is 10.6 Å². The number of piperidine rings is 1. The van der Waals surface area contributed by atoms with Crippen LogP contribution in [0.25, 0.3) is 11.0 Å². The van der Waals surface area contributed by atoms with Crippen LogP contribution in [0.3, 0.4) is 0 Å². The summed E-state index contributed by atoms with van der Waals surface area (Å²) in [5.41, 5.74) is -0.174. The van der Waals surface area contributed by atoms with Gasteiger partial charge in [0.1, 0.15) is 5.52 Å². The molecule has 0 unspecified atom stereocenters. The van der Waals surface area contributed by atoms with E-state index in [0.29, 0.717) is 29.1 Å². The standard InChI is InChI=1S/C19H22F3N3O4/c20-19(21,22)17(26)29-25-16-4-2-1-3-15(16)24(18(25)27)14-5-9-23(10-6-14)13-7-11-28-12-8-13/h1-4,13-14H,5-12H2. The molecule has 7 nitrogen and oxygen atoms in total. The number of alkyl halides is 3. The topological polar surface area (TPSA) is 65.7 Å². The van der Waals surface area contributed by atoms with E-state index in [0.717, 1.165) is 39.1 Å². The van der Waals surface area contributed by atoms with Gasteiger partial charge in [-0.15, -0.1) is 4.73 Å². The second-order valence-corrected chi connectivity index (χ2v) is 7.42. The van der Waals surface area contributed by atoms with E-state index < -0.39 is 17.8 Å². The summed E-state index contributed by atoms with van der Waals surface area (Å²) in [7, 11) is 0. The highest BCUT2D eigenvalue weighted by molar-refractivity contribution is 5.79. The number of likely N-dealkylation sites (tertiary alicyclic amines) is 1. The van der Waals surface area contributed by atoms with Crippen LogP contribution in [0.5, 0.6) is 0 Å². The summed E-state index contributed by atoms with van der Waals surface area (Å²) in [6, 6.07) is 6.70. The molecule has 0 radical (unpaired) electrons. The Labute approximate surface area is 164 Å². The van der Waals surface area contributed by atoms with Gasteiger partial charge in [-0.05, 0) is 37.8 Å². The molecule has 2 aliphatic rings. The van der Waals surface area contributed by atoms with Crippen molar-refractivity contribution in [1.29, 1.82) is 0 Å². The molecule has 2 saturated heterocycles. The molecular formula is C19H22F3N3O4. The number of imidazole rings is 1. The number of ether oxygens (including phenoxy) is 1. The zero-order valence-electron chi connectivity index (χ0n) is 15.7. The maximum Gasteiger partial charge on any atom is 0.493 e. The number of rotatable bonds is 3. The van der Waals surface area contributed by atoms with E-state index in [1.54, 1.807) is 18.2 Å². The molecule has 4 rings (SSSR count). The number of carbonyl (C=O) groups excluding carboxylic acids is 1. The fourth-order valence-corrected chi connectivity index (χ4v) is 4.28. The molecule has 10 heteroatoms. The van der Waals surface area contributed by atoms with Crippen molar-refractivity contribution in [3.8, 4) is 0 Å². The Morgan fingerprint density at radius 2 is 1.62 bits per heavy atom. The normalized spacial score (nSPS) is 20.2. The minimum absolute atomic E-state index is 0.141. The van der Waals surface area contributed by atoms with Gasteiger partial charge >= 0.3 is 17.8 Å². The first kappa shape index (κ1) is 20.0. The summed E-state index contributed by atoms with van der Waals surface area (Å²) in [6.45, 7) is 3.09. The van der Waals surface area contributed by atoms with Crippen molar-refractivity contribution < 1.29 is 27.5 Å². The Morgan fingerprint density at radius 1 is 1.00 bits per heavy atom. The van der Waals surface area contributed by atoms with Crippen molar-refractivity contribution in [1.82, 2.24) is 14.2 Å². The van der Waals surface area contributed by atoms with E-state index in [1.807, 2.05) is 0 Å². The number of aromatic nitrogens is 2. The lowest BCUT2D eigenvalue weighted by Gasteiger charge is -2.39. The number of halogens is 3. The van der Waals surface area contributed by atoms with Gasteiger partial charge in [0, 0.05) is 38.4 Å². The first-order valence-electron chi connectivity index (χ1n) is 9.69. The summed E-state index contributed by atoms with van der Waals surface area (Å²) < 4.78 is 45.2. The van der Waals surface area contributed by atoms with E-state index in [-0.39, 0.29) is 11.6 Å². The highest BCUT2D eigenvalue weighted by Crippen LogP contribution is 2.28. The molecule has 0 spiro atoms. The van der Waals surface area contributed by atoms with Gasteiger partial charge in [-0.2, -0.15) is 13.2 Å². The van der Waals surface area contributed by atoms with E-state index in [2.05, 4.69) is 9.74 Å². The fourth-order valence-electron chi connectivity index (χ4n) is 4.28. The molecule has 0 bridgehead atoms. The number of fused-ring (bicyclic) bond motifs is 1. The number of hydrogen-bond acceptors (Lipinski definition) is 5. The maximum absolute atomic E-state index is 12.9. The Kier molecular flexibility index (Phi) is 5.39. The lowest BCUT2D eigenvalue weighted by molar-refractivity contribution is -0.199. The number of carbonyl (C=O) groups is 1. The smallest absolute Gasteiger partial charge is 0.381 e. The van der Waals surface area contributed by atoms with E-state index in [9.17, 15) is 22.8 Å². The Morgan fingerprint density at radius 3 is 2.24 bits per heavy atom. The van der Waals surface area contributed by atoms with Crippen LogP contribution in [-0.2, 0) is 9.53 Å². The summed E-state index contributed by atoms with van der Waals surface area (Å²) in [5, 5.41) is 0. The molecule has 2 fully saturated rings. The number of benzene rings is 1. The number of hydrogen-bond donors (Lipinski definition) is 0. The Bertz CT molecular complexity index is 938. The van der Waals surface area contributed by atoms with Crippen molar-refractivity contribution in [3.63, 3.8) is 0 Å². The number of nitrogens with zero attached hydrogens (tertiary/aromatic N) is 3. The molecule has 2 aromatic rings. The third kappa shape index (κ3) is 3.91. The molecule has 158 valence electrons. The quantitative estimate of drug-likeness (QED) is 0.772. The zero-order chi connectivity index (χ0) is 20.6. The fraction of sp³-hybridized carbons (Fsp3) is 0.579. The third-order valence-corrected chi connectivity index (χ3v) is 5.72. The summed E-state index contributed by atoms with van der Waals surface area (Å²) >= 11 is 0. The van der Waals surface area contributed by atoms with Gasteiger partial charge in [0.25, 0.3) is 0 Å². The molecule has 1 aromatic heterocycles. The molecule has 0 atom stereocenters. The largest absolute Gasteiger partial charge is 0.493 e. The van der Waals surface area contributed by atoms with Crippen LogP contribution in [-0.4, -0.2) is 58.7 Å². The van der Waals surface area contributed by atoms with Crippen LogP contribution >= 0.6 is 0 Å². The summed E-state index contributed by atoms with van der Waals surface area (Å²) in [6.07, 6.45) is -1.83. The summed E-state index contributed by atoms with van der Waals surface area (Å²) in [5.74, 6) is -2.42. The first-order chi connectivity index (χ1) is 13.9. The van der Waals surface area contributed by atoms with E-state index in [4.69, 9.17) is 4.74 Å². The second-order valence-electron chi connectivity index (χ2n) is 7.42. The van der Waals surface area contributed by atoms with Gasteiger partial charge in [0.05, 0.1) is 5.52 Å². The molecule has 0 amide bonds. The van der Waals surface area contributed by atoms with Crippen molar-refractivity contribution in [3.05, 3.63) is 34.7 Å². The van der Waals surface area contributed by atoms with Gasteiger partial charge in [0.2, 0.25) is 0 Å².